The van der Waals surface area contributed by atoms with Gasteiger partial charge in [-0.05, 0) is 43.9 Å². The van der Waals surface area contributed by atoms with Gasteiger partial charge >= 0.3 is 6.18 Å². The number of rotatable bonds is 7. The van der Waals surface area contributed by atoms with Crippen molar-refractivity contribution in [3.8, 4) is 17.5 Å². The highest BCUT2D eigenvalue weighted by Gasteiger charge is 2.30. The van der Waals surface area contributed by atoms with Crippen LogP contribution in [-0.4, -0.2) is 41.7 Å². The van der Waals surface area contributed by atoms with Crippen molar-refractivity contribution in [1.82, 2.24) is 15.3 Å². The third kappa shape index (κ3) is 6.23. The predicted octanol–water partition coefficient (Wildman–Crippen LogP) is 3.39. The summed E-state index contributed by atoms with van der Waals surface area (Å²) in [6.07, 6.45) is 1.35. The van der Waals surface area contributed by atoms with Crippen molar-refractivity contribution < 1.29 is 32.2 Å². The summed E-state index contributed by atoms with van der Waals surface area (Å²) in [5.74, 6) is 0.373. The summed E-state index contributed by atoms with van der Waals surface area (Å²) in [4.78, 5) is 20.2. The molecule has 0 unspecified atom stereocenters. The van der Waals surface area contributed by atoms with Crippen LogP contribution in [0.3, 0.4) is 0 Å². The molecule has 0 spiro atoms. The van der Waals surface area contributed by atoms with Gasteiger partial charge in [0, 0.05) is 6.04 Å². The lowest BCUT2D eigenvalue weighted by molar-refractivity contribution is -0.137. The third-order valence-corrected chi connectivity index (χ3v) is 4.66. The van der Waals surface area contributed by atoms with Crippen LogP contribution in [0, 0.1) is 0 Å². The first-order valence-electron chi connectivity index (χ1n) is 9.45. The van der Waals surface area contributed by atoms with E-state index in [1.54, 1.807) is 0 Å². The molecule has 162 valence electrons. The number of alkyl halides is 3. The zero-order valence-corrected chi connectivity index (χ0v) is 16.3. The summed E-state index contributed by atoms with van der Waals surface area (Å²) >= 11 is 0. The van der Waals surface area contributed by atoms with Crippen LogP contribution in [0.1, 0.15) is 31.2 Å². The molecule has 0 atom stereocenters. The minimum Gasteiger partial charge on any atom is -0.484 e. The summed E-state index contributed by atoms with van der Waals surface area (Å²) in [6, 6.07) is 4.40. The number of carbonyl (C=O) groups excluding carboxylic acids is 1. The second kappa shape index (κ2) is 9.64. The Hall–Kier alpha value is -3.04. The molecule has 0 aliphatic heterocycles. The predicted molar refractivity (Wildman–Crippen MR) is 100 cm³/mol. The molecule has 1 aromatic carbocycles. The molecule has 1 heterocycles. The summed E-state index contributed by atoms with van der Waals surface area (Å²) < 4.78 is 54.2. The minimum absolute atomic E-state index is 0.00326. The third-order valence-electron chi connectivity index (χ3n) is 4.66. The molecule has 0 radical (unpaired) electrons. The maximum atomic E-state index is 12.7. The molecule has 1 fully saturated rings. The summed E-state index contributed by atoms with van der Waals surface area (Å²) in [5.41, 5.74) is -0.820. The van der Waals surface area contributed by atoms with E-state index >= 15 is 0 Å². The van der Waals surface area contributed by atoms with Crippen molar-refractivity contribution in [2.75, 3.05) is 13.7 Å². The SMILES string of the molecule is COc1cncc(OC2CCC(NC(=O)COc3cccc(C(F)(F)F)c3)CC2)n1. The molecule has 1 saturated carbocycles. The smallest absolute Gasteiger partial charge is 0.416 e. The van der Waals surface area contributed by atoms with Crippen molar-refractivity contribution >= 4 is 5.91 Å². The summed E-state index contributed by atoms with van der Waals surface area (Å²) in [7, 11) is 1.50. The van der Waals surface area contributed by atoms with Crippen molar-refractivity contribution in [1.29, 1.82) is 0 Å². The number of benzene rings is 1. The van der Waals surface area contributed by atoms with E-state index in [-0.39, 0.29) is 30.4 Å². The monoisotopic (exact) mass is 425 g/mol. The van der Waals surface area contributed by atoms with Crippen LogP contribution < -0.4 is 19.5 Å². The van der Waals surface area contributed by atoms with Gasteiger partial charge in [0.2, 0.25) is 11.8 Å². The molecule has 10 heteroatoms. The molecule has 30 heavy (non-hydrogen) atoms. The minimum atomic E-state index is -4.46. The Balaban J connectivity index is 1.41. The van der Waals surface area contributed by atoms with Crippen LogP contribution >= 0.6 is 0 Å². The van der Waals surface area contributed by atoms with E-state index in [9.17, 15) is 18.0 Å². The number of methoxy groups -OCH3 is 1. The zero-order valence-electron chi connectivity index (χ0n) is 16.3. The summed E-state index contributed by atoms with van der Waals surface area (Å²) in [5, 5.41) is 2.85. The first-order chi connectivity index (χ1) is 14.3. The van der Waals surface area contributed by atoms with Gasteiger partial charge in [0.05, 0.1) is 25.1 Å². The van der Waals surface area contributed by atoms with Gasteiger partial charge in [-0.3, -0.25) is 9.78 Å². The number of nitrogens with zero attached hydrogens (tertiary/aromatic N) is 2. The Morgan fingerprint density at radius 1 is 1.17 bits per heavy atom. The molecule has 1 aromatic heterocycles. The second-order valence-electron chi connectivity index (χ2n) is 6.87. The van der Waals surface area contributed by atoms with Crippen molar-refractivity contribution in [2.24, 2.45) is 0 Å². The Morgan fingerprint density at radius 3 is 2.60 bits per heavy atom. The number of hydrogen-bond acceptors (Lipinski definition) is 6. The highest BCUT2D eigenvalue weighted by molar-refractivity contribution is 5.77. The number of amides is 1. The number of halogens is 3. The van der Waals surface area contributed by atoms with E-state index in [0.29, 0.717) is 24.6 Å². The molecule has 1 N–H and O–H groups in total. The molecule has 3 rings (SSSR count). The van der Waals surface area contributed by atoms with Crippen LogP contribution in [0.5, 0.6) is 17.5 Å². The normalized spacial score (nSPS) is 19.1. The quantitative estimate of drug-likeness (QED) is 0.732. The van der Waals surface area contributed by atoms with E-state index in [0.717, 1.165) is 25.0 Å². The molecule has 2 aromatic rings. The Kier molecular flexibility index (Phi) is 6.96. The number of nitrogens with one attached hydrogen (secondary N) is 1. The average molecular weight is 425 g/mol. The molecule has 0 saturated heterocycles. The topological polar surface area (TPSA) is 82.6 Å². The van der Waals surface area contributed by atoms with Gasteiger partial charge in [-0.15, -0.1) is 0 Å². The van der Waals surface area contributed by atoms with Crippen LogP contribution in [0.2, 0.25) is 0 Å². The van der Waals surface area contributed by atoms with E-state index in [4.69, 9.17) is 14.2 Å². The van der Waals surface area contributed by atoms with Crippen LogP contribution in [0.15, 0.2) is 36.7 Å². The van der Waals surface area contributed by atoms with Gasteiger partial charge < -0.3 is 19.5 Å². The molecule has 1 amide bonds. The Bertz CT molecular complexity index is 855. The van der Waals surface area contributed by atoms with Gasteiger partial charge in [-0.25, -0.2) is 0 Å². The standard InChI is InChI=1S/C20H22F3N3O4/c1-28-18-10-24-11-19(26-18)30-15-7-5-14(6-8-15)25-17(27)12-29-16-4-2-3-13(9-16)20(21,22)23/h2-4,9-11,14-15H,5-8,12H2,1H3,(H,25,27). The van der Waals surface area contributed by atoms with Crippen molar-refractivity contribution in [3.63, 3.8) is 0 Å². The number of ether oxygens (including phenoxy) is 3. The fourth-order valence-corrected chi connectivity index (χ4v) is 3.16. The van der Waals surface area contributed by atoms with Gasteiger partial charge in [0.25, 0.3) is 5.91 Å². The van der Waals surface area contributed by atoms with Crippen molar-refractivity contribution in [2.45, 2.75) is 44.0 Å². The molecule has 7 nitrogen and oxygen atoms in total. The fourth-order valence-electron chi connectivity index (χ4n) is 3.16. The Labute approximate surface area is 171 Å². The second-order valence-corrected chi connectivity index (χ2v) is 6.87. The molecular formula is C20H22F3N3O4. The number of carbonyl (C=O) groups is 1. The van der Waals surface area contributed by atoms with Gasteiger partial charge in [-0.1, -0.05) is 6.07 Å². The number of aromatic nitrogens is 2. The van der Waals surface area contributed by atoms with Crippen LogP contribution in [0.25, 0.3) is 0 Å². The van der Waals surface area contributed by atoms with Crippen molar-refractivity contribution in [3.05, 3.63) is 42.2 Å². The van der Waals surface area contributed by atoms with Gasteiger partial charge in [0.15, 0.2) is 6.61 Å². The lowest BCUT2D eigenvalue weighted by Gasteiger charge is -2.29. The van der Waals surface area contributed by atoms with E-state index < -0.39 is 11.7 Å². The molecule has 0 bridgehead atoms. The molecular weight excluding hydrogens is 403 g/mol. The lowest BCUT2D eigenvalue weighted by atomic mass is 9.93. The van der Waals surface area contributed by atoms with Crippen LogP contribution in [0.4, 0.5) is 13.2 Å². The molecule has 1 aliphatic rings. The average Bonchev–Trinajstić information content (AvgIpc) is 2.73. The number of hydrogen-bond donors (Lipinski definition) is 1. The fraction of sp³-hybridized carbons (Fsp3) is 0.450. The molecule has 1 aliphatic carbocycles. The van der Waals surface area contributed by atoms with Crippen LogP contribution in [-0.2, 0) is 11.0 Å². The van der Waals surface area contributed by atoms with E-state index in [1.807, 2.05) is 0 Å². The van der Waals surface area contributed by atoms with E-state index in [1.165, 1.54) is 31.6 Å². The Morgan fingerprint density at radius 2 is 1.90 bits per heavy atom. The first-order valence-corrected chi connectivity index (χ1v) is 9.45. The largest absolute Gasteiger partial charge is 0.484 e. The maximum Gasteiger partial charge on any atom is 0.416 e. The van der Waals surface area contributed by atoms with Gasteiger partial charge in [-0.2, -0.15) is 18.2 Å². The zero-order chi connectivity index (χ0) is 21.6. The maximum absolute atomic E-state index is 12.7. The highest BCUT2D eigenvalue weighted by Crippen LogP contribution is 2.31. The van der Waals surface area contributed by atoms with Gasteiger partial charge in [0.1, 0.15) is 11.9 Å². The highest BCUT2D eigenvalue weighted by atomic mass is 19.4. The van der Waals surface area contributed by atoms with E-state index in [2.05, 4.69) is 15.3 Å². The summed E-state index contributed by atoms with van der Waals surface area (Å²) in [6.45, 7) is -0.350. The first kappa shape index (κ1) is 21.7. The lowest BCUT2D eigenvalue weighted by Crippen LogP contribution is -2.41.